The van der Waals surface area contributed by atoms with Crippen LogP contribution in [0.3, 0.4) is 0 Å². The summed E-state index contributed by atoms with van der Waals surface area (Å²) in [6, 6.07) is 8.28. The van der Waals surface area contributed by atoms with E-state index in [0.29, 0.717) is 6.42 Å². The average molecular weight is 257 g/mol. The standard InChI is InChI=1S/C12H17F2N3O/c13-12(14,7-15)8-17-11(18)10(16)6-9-4-2-1-3-5-9/h1-5,10H,6-8,15-16H2,(H,17,18). The maximum atomic E-state index is 12.8. The fourth-order valence-corrected chi connectivity index (χ4v) is 1.38. The fourth-order valence-electron chi connectivity index (χ4n) is 1.38. The van der Waals surface area contributed by atoms with E-state index < -0.39 is 31.0 Å². The van der Waals surface area contributed by atoms with Gasteiger partial charge in [-0.2, -0.15) is 0 Å². The fraction of sp³-hybridized carbons (Fsp3) is 0.417. The van der Waals surface area contributed by atoms with E-state index in [1.807, 2.05) is 30.3 Å². The highest BCUT2D eigenvalue weighted by atomic mass is 19.3. The molecule has 0 aliphatic heterocycles. The molecule has 0 spiro atoms. The molecule has 0 radical (unpaired) electrons. The van der Waals surface area contributed by atoms with Gasteiger partial charge in [0.2, 0.25) is 5.91 Å². The average Bonchev–Trinajstić information content (AvgIpc) is 2.37. The molecule has 1 aromatic carbocycles. The Kier molecular flexibility index (Phi) is 5.18. The van der Waals surface area contributed by atoms with E-state index in [1.54, 1.807) is 0 Å². The Bertz CT molecular complexity index is 384. The molecule has 4 nitrogen and oxygen atoms in total. The number of alkyl halides is 2. The molecule has 1 rings (SSSR count). The van der Waals surface area contributed by atoms with Crippen molar-refractivity contribution in [2.45, 2.75) is 18.4 Å². The lowest BCUT2D eigenvalue weighted by molar-refractivity contribution is -0.124. The number of carbonyl (C=O) groups excluding carboxylic acids is 1. The molecular weight excluding hydrogens is 240 g/mol. The quantitative estimate of drug-likeness (QED) is 0.684. The molecule has 0 heterocycles. The summed E-state index contributed by atoms with van der Waals surface area (Å²) in [6.45, 7) is -1.59. The molecule has 18 heavy (non-hydrogen) atoms. The van der Waals surface area contributed by atoms with E-state index in [-0.39, 0.29) is 0 Å². The van der Waals surface area contributed by atoms with Gasteiger partial charge in [0.25, 0.3) is 5.92 Å². The minimum absolute atomic E-state index is 0.306. The Morgan fingerprint density at radius 1 is 1.33 bits per heavy atom. The number of hydrogen-bond donors (Lipinski definition) is 3. The van der Waals surface area contributed by atoms with Crippen molar-refractivity contribution < 1.29 is 13.6 Å². The molecule has 1 atom stereocenters. The summed E-state index contributed by atoms with van der Waals surface area (Å²) in [6.07, 6.45) is 0.306. The van der Waals surface area contributed by atoms with Crippen LogP contribution in [0.5, 0.6) is 0 Å². The van der Waals surface area contributed by atoms with Gasteiger partial charge in [-0.05, 0) is 12.0 Å². The number of rotatable bonds is 6. The van der Waals surface area contributed by atoms with Crippen LogP contribution in [0.2, 0.25) is 0 Å². The van der Waals surface area contributed by atoms with Crippen molar-refractivity contribution in [2.24, 2.45) is 11.5 Å². The van der Waals surface area contributed by atoms with E-state index in [0.717, 1.165) is 5.56 Å². The second kappa shape index (κ2) is 6.42. The van der Waals surface area contributed by atoms with Gasteiger partial charge in [0.1, 0.15) is 0 Å². The van der Waals surface area contributed by atoms with E-state index in [4.69, 9.17) is 11.5 Å². The molecule has 1 unspecified atom stereocenters. The number of nitrogens with two attached hydrogens (primary N) is 2. The van der Waals surface area contributed by atoms with Gasteiger partial charge in [0.05, 0.1) is 19.1 Å². The molecule has 6 heteroatoms. The van der Waals surface area contributed by atoms with Gasteiger partial charge in [0, 0.05) is 0 Å². The third kappa shape index (κ3) is 4.77. The molecule has 0 bridgehead atoms. The van der Waals surface area contributed by atoms with Gasteiger partial charge in [-0.25, -0.2) is 8.78 Å². The van der Waals surface area contributed by atoms with E-state index in [9.17, 15) is 13.6 Å². The minimum Gasteiger partial charge on any atom is -0.349 e. The molecule has 1 aromatic rings. The summed E-state index contributed by atoms with van der Waals surface area (Å²) < 4.78 is 25.6. The maximum absolute atomic E-state index is 12.8. The second-order valence-electron chi connectivity index (χ2n) is 4.07. The van der Waals surface area contributed by atoms with Crippen molar-refractivity contribution in [3.05, 3.63) is 35.9 Å². The predicted molar refractivity (Wildman–Crippen MR) is 65.1 cm³/mol. The number of hydrogen-bond acceptors (Lipinski definition) is 3. The lowest BCUT2D eigenvalue weighted by atomic mass is 10.1. The maximum Gasteiger partial charge on any atom is 0.277 e. The summed E-state index contributed by atoms with van der Waals surface area (Å²) in [4.78, 5) is 11.5. The summed E-state index contributed by atoms with van der Waals surface area (Å²) in [5, 5.41) is 2.10. The van der Waals surface area contributed by atoms with Crippen LogP contribution in [0, 0.1) is 0 Å². The van der Waals surface area contributed by atoms with Crippen LogP contribution in [0.1, 0.15) is 5.56 Å². The zero-order chi connectivity index (χ0) is 13.6. The summed E-state index contributed by atoms with van der Waals surface area (Å²) in [7, 11) is 0. The summed E-state index contributed by atoms with van der Waals surface area (Å²) in [5.74, 6) is -3.70. The van der Waals surface area contributed by atoms with Gasteiger partial charge in [-0.15, -0.1) is 0 Å². The van der Waals surface area contributed by atoms with Gasteiger partial charge < -0.3 is 16.8 Å². The van der Waals surface area contributed by atoms with Gasteiger partial charge in [-0.3, -0.25) is 4.79 Å². The first kappa shape index (κ1) is 14.5. The topological polar surface area (TPSA) is 81.1 Å². The summed E-state index contributed by atoms with van der Waals surface area (Å²) in [5.41, 5.74) is 11.4. The molecule has 1 amide bonds. The normalized spacial score (nSPS) is 13.1. The third-order valence-corrected chi connectivity index (χ3v) is 2.46. The second-order valence-corrected chi connectivity index (χ2v) is 4.07. The van der Waals surface area contributed by atoms with Crippen LogP contribution in [-0.2, 0) is 11.2 Å². The molecule has 0 fully saturated rings. The first-order valence-electron chi connectivity index (χ1n) is 5.60. The highest BCUT2D eigenvalue weighted by Crippen LogP contribution is 2.09. The van der Waals surface area contributed by atoms with Crippen molar-refractivity contribution >= 4 is 5.91 Å². The largest absolute Gasteiger partial charge is 0.349 e. The first-order valence-corrected chi connectivity index (χ1v) is 5.60. The van der Waals surface area contributed by atoms with Crippen molar-refractivity contribution in [2.75, 3.05) is 13.1 Å². The third-order valence-electron chi connectivity index (χ3n) is 2.46. The Labute approximate surface area is 104 Å². The zero-order valence-corrected chi connectivity index (χ0v) is 9.90. The molecule has 0 aromatic heterocycles. The number of amides is 1. The van der Waals surface area contributed by atoms with Crippen molar-refractivity contribution in [3.8, 4) is 0 Å². The number of benzene rings is 1. The van der Waals surface area contributed by atoms with Crippen molar-refractivity contribution in [1.82, 2.24) is 5.32 Å². The van der Waals surface area contributed by atoms with E-state index in [2.05, 4.69) is 5.32 Å². The molecule has 100 valence electrons. The number of nitrogens with one attached hydrogen (secondary N) is 1. The number of carbonyl (C=O) groups is 1. The van der Waals surface area contributed by atoms with Crippen molar-refractivity contribution in [3.63, 3.8) is 0 Å². The Balaban J connectivity index is 2.43. The summed E-state index contributed by atoms with van der Waals surface area (Å²) >= 11 is 0. The highest BCUT2D eigenvalue weighted by molar-refractivity contribution is 5.81. The molecule has 0 saturated carbocycles. The van der Waals surface area contributed by atoms with Gasteiger partial charge >= 0.3 is 0 Å². The monoisotopic (exact) mass is 257 g/mol. The Hall–Kier alpha value is -1.53. The van der Waals surface area contributed by atoms with Crippen molar-refractivity contribution in [1.29, 1.82) is 0 Å². The SMILES string of the molecule is NCC(F)(F)CNC(=O)C(N)Cc1ccccc1. The van der Waals surface area contributed by atoms with Crippen LogP contribution in [0.4, 0.5) is 8.78 Å². The molecule has 0 aliphatic rings. The molecule has 5 N–H and O–H groups in total. The lowest BCUT2D eigenvalue weighted by Gasteiger charge is -2.17. The van der Waals surface area contributed by atoms with Crippen LogP contribution in [0.15, 0.2) is 30.3 Å². The van der Waals surface area contributed by atoms with Crippen LogP contribution in [0.25, 0.3) is 0 Å². The van der Waals surface area contributed by atoms with Crippen LogP contribution < -0.4 is 16.8 Å². The highest BCUT2D eigenvalue weighted by Gasteiger charge is 2.28. The first-order chi connectivity index (χ1) is 8.44. The molecule has 0 saturated heterocycles. The predicted octanol–water partition coefficient (Wildman–Crippen LogP) is 0.267. The van der Waals surface area contributed by atoms with Crippen LogP contribution in [-0.4, -0.2) is 31.0 Å². The zero-order valence-electron chi connectivity index (χ0n) is 9.90. The minimum atomic E-state index is -3.10. The lowest BCUT2D eigenvalue weighted by Crippen LogP contribution is -2.48. The van der Waals surface area contributed by atoms with E-state index >= 15 is 0 Å². The van der Waals surface area contributed by atoms with Gasteiger partial charge in [0.15, 0.2) is 0 Å². The van der Waals surface area contributed by atoms with Crippen LogP contribution >= 0.6 is 0 Å². The smallest absolute Gasteiger partial charge is 0.277 e. The Morgan fingerprint density at radius 3 is 2.50 bits per heavy atom. The van der Waals surface area contributed by atoms with Gasteiger partial charge in [-0.1, -0.05) is 30.3 Å². The van der Waals surface area contributed by atoms with E-state index in [1.165, 1.54) is 0 Å². The number of halogens is 2. The Morgan fingerprint density at radius 2 is 1.94 bits per heavy atom. The molecular formula is C12H17F2N3O. The molecule has 0 aliphatic carbocycles.